The molecule has 1 fully saturated rings. The first-order valence-corrected chi connectivity index (χ1v) is 5.70. The van der Waals surface area contributed by atoms with E-state index in [-0.39, 0.29) is 11.8 Å². The van der Waals surface area contributed by atoms with Crippen LogP contribution in [0.1, 0.15) is 40.0 Å². The van der Waals surface area contributed by atoms with Crippen LogP contribution in [0.3, 0.4) is 0 Å². The number of carboxylic acids is 1. The number of carboxylic acid groups (broad SMARTS) is 1. The van der Waals surface area contributed by atoms with Crippen LogP contribution in [0, 0.1) is 23.7 Å². The maximum Gasteiger partial charge on any atom is 0.372 e. The third-order valence-corrected chi connectivity index (χ3v) is 3.57. The molecule has 0 spiro atoms. The summed E-state index contributed by atoms with van der Waals surface area (Å²) in [5.74, 6) is -0.977. The highest BCUT2D eigenvalue weighted by molar-refractivity contribution is 6.33. The van der Waals surface area contributed by atoms with Gasteiger partial charge in [-0.15, -0.1) is 0 Å². The van der Waals surface area contributed by atoms with Gasteiger partial charge in [0.1, 0.15) is 0 Å². The lowest BCUT2D eigenvalue weighted by atomic mass is 9.68. The molecule has 1 N–H and O–H groups in total. The highest BCUT2D eigenvalue weighted by Crippen LogP contribution is 2.38. The Morgan fingerprint density at radius 1 is 1.27 bits per heavy atom. The lowest BCUT2D eigenvalue weighted by Gasteiger charge is -2.35. The number of Topliss-reactive ketones (excluding diaryl/α,β-unsaturated/α-hetero) is 1. The number of hydrogen-bond acceptors (Lipinski definition) is 2. The van der Waals surface area contributed by atoms with Gasteiger partial charge in [-0.05, 0) is 30.6 Å². The first-order chi connectivity index (χ1) is 6.93. The molecular formula is C12H20O3. The van der Waals surface area contributed by atoms with Crippen LogP contribution < -0.4 is 0 Å². The van der Waals surface area contributed by atoms with Gasteiger partial charge in [-0.25, -0.2) is 4.79 Å². The van der Waals surface area contributed by atoms with E-state index < -0.39 is 11.8 Å². The third-order valence-electron chi connectivity index (χ3n) is 3.57. The van der Waals surface area contributed by atoms with Crippen molar-refractivity contribution in [2.45, 2.75) is 40.0 Å². The molecule has 3 nitrogen and oxygen atoms in total. The molecule has 1 aliphatic carbocycles. The van der Waals surface area contributed by atoms with Crippen molar-refractivity contribution in [3.05, 3.63) is 0 Å². The second-order valence-corrected chi connectivity index (χ2v) is 5.10. The number of carbonyl (C=O) groups is 2. The van der Waals surface area contributed by atoms with Crippen molar-refractivity contribution in [1.82, 2.24) is 0 Å². The van der Waals surface area contributed by atoms with Crippen LogP contribution in [-0.2, 0) is 9.59 Å². The van der Waals surface area contributed by atoms with E-state index in [9.17, 15) is 9.59 Å². The molecule has 15 heavy (non-hydrogen) atoms. The van der Waals surface area contributed by atoms with Gasteiger partial charge in [0.2, 0.25) is 5.78 Å². The average Bonchev–Trinajstić information content (AvgIpc) is 2.15. The van der Waals surface area contributed by atoms with Crippen molar-refractivity contribution in [3.8, 4) is 0 Å². The summed E-state index contributed by atoms with van der Waals surface area (Å²) < 4.78 is 0. The first kappa shape index (κ1) is 12.2. The molecule has 0 saturated heterocycles. The third kappa shape index (κ3) is 2.80. The van der Waals surface area contributed by atoms with Gasteiger partial charge in [0.05, 0.1) is 0 Å². The minimum absolute atomic E-state index is 0.254. The van der Waals surface area contributed by atoms with Crippen LogP contribution in [0.5, 0.6) is 0 Å². The minimum Gasteiger partial charge on any atom is -0.475 e. The van der Waals surface area contributed by atoms with E-state index >= 15 is 0 Å². The molecule has 0 amide bonds. The van der Waals surface area contributed by atoms with Crippen molar-refractivity contribution in [2.75, 3.05) is 0 Å². The predicted molar refractivity (Wildman–Crippen MR) is 57.5 cm³/mol. The topological polar surface area (TPSA) is 54.4 Å². The van der Waals surface area contributed by atoms with Crippen LogP contribution in [0.15, 0.2) is 0 Å². The van der Waals surface area contributed by atoms with Crippen LogP contribution in [0.25, 0.3) is 0 Å². The molecule has 1 aliphatic rings. The van der Waals surface area contributed by atoms with Crippen LogP contribution in [0.2, 0.25) is 0 Å². The summed E-state index contributed by atoms with van der Waals surface area (Å²) in [5.41, 5.74) is 0. The Balaban J connectivity index is 2.79. The van der Waals surface area contributed by atoms with Gasteiger partial charge in [0.15, 0.2) is 0 Å². The largest absolute Gasteiger partial charge is 0.475 e. The van der Waals surface area contributed by atoms with Crippen molar-refractivity contribution in [2.24, 2.45) is 23.7 Å². The molecule has 0 aromatic rings. The van der Waals surface area contributed by atoms with Gasteiger partial charge < -0.3 is 5.11 Å². The van der Waals surface area contributed by atoms with E-state index in [4.69, 9.17) is 5.11 Å². The zero-order chi connectivity index (χ0) is 11.6. The fourth-order valence-corrected chi connectivity index (χ4v) is 2.66. The van der Waals surface area contributed by atoms with E-state index in [1.54, 1.807) is 0 Å². The Labute approximate surface area is 90.9 Å². The van der Waals surface area contributed by atoms with E-state index in [0.717, 1.165) is 19.3 Å². The Morgan fingerprint density at radius 2 is 1.87 bits per heavy atom. The Morgan fingerprint density at radius 3 is 2.33 bits per heavy atom. The van der Waals surface area contributed by atoms with E-state index in [0.29, 0.717) is 11.8 Å². The number of hydrogen-bond donors (Lipinski definition) is 1. The smallest absolute Gasteiger partial charge is 0.372 e. The van der Waals surface area contributed by atoms with Crippen molar-refractivity contribution in [3.63, 3.8) is 0 Å². The quantitative estimate of drug-likeness (QED) is 0.730. The lowest BCUT2D eigenvalue weighted by Crippen LogP contribution is -2.36. The molecule has 3 atom stereocenters. The van der Waals surface area contributed by atoms with Gasteiger partial charge in [0.25, 0.3) is 0 Å². The highest BCUT2D eigenvalue weighted by Gasteiger charge is 2.37. The predicted octanol–water partition coefficient (Wildman–Crippen LogP) is 2.35. The van der Waals surface area contributed by atoms with Crippen LogP contribution >= 0.6 is 0 Å². The maximum atomic E-state index is 11.6. The zero-order valence-corrected chi connectivity index (χ0v) is 9.69. The molecule has 0 heterocycles. The number of ketones is 1. The van der Waals surface area contributed by atoms with Crippen molar-refractivity contribution >= 4 is 11.8 Å². The SMILES string of the molecule is CC(C)C1CC[C@H](C)CC1C(=O)C(=O)O. The normalized spacial score (nSPS) is 31.6. The van der Waals surface area contributed by atoms with Gasteiger partial charge in [-0.1, -0.05) is 27.2 Å². The summed E-state index contributed by atoms with van der Waals surface area (Å²) >= 11 is 0. The molecule has 1 rings (SSSR count). The molecule has 0 aliphatic heterocycles. The standard InChI is InChI=1S/C12H20O3/c1-7(2)9-5-4-8(3)6-10(9)11(13)12(14)15/h7-10H,4-6H2,1-3H3,(H,14,15)/t8-,9?,10?/m0/s1. The molecular weight excluding hydrogens is 192 g/mol. The number of aliphatic carboxylic acids is 1. The lowest BCUT2D eigenvalue weighted by molar-refractivity contribution is -0.153. The Kier molecular flexibility index (Phi) is 3.89. The summed E-state index contributed by atoms with van der Waals surface area (Å²) in [6, 6.07) is 0. The molecule has 0 aromatic carbocycles. The fourth-order valence-electron chi connectivity index (χ4n) is 2.66. The first-order valence-electron chi connectivity index (χ1n) is 5.70. The molecule has 0 bridgehead atoms. The molecule has 0 radical (unpaired) electrons. The highest BCUT2D eigenvalue weighted by atomic mass is 16.4. The summed E-state index contributed by atoms with van der Waals surface area (Å²) in [4.78, 5) is 22.3. The monoisotopic (exact) mass is 212 g/mol. The molecule has 0 aromatic heterocycles. The van der Waals surface area contributed by atoms with E-state index in [1.807, 2.05) is 0 Å². The van der Waals surface area contributed by atoms with Crippen molar-refractivity contribution < 1.29 is 14.7 Å². The van der Waals surface area contributed by atoms with Gasteiger partial charge in [-0.3, -0.25) is 4.79 Å². The summed E-state index contributed by atoms with van der Waals surface area (Å²) in [7, 11) is 0. The number of rotatable bonds is 3. The second-order valence-electron chi connectivity index (χ2n) is 5.10. The second kappa shape index (κ2) is 4.77. The van der Waals surface area contributed by atoms with Gasteiger partial charge >= 0.3 is 5.97 Å². The average molecular weight is 212 g/mol. The fraction of sp³-hybridized carbons (Fsp3) is 0.833. The van der Waals surface area contributed by atoms with Crippen LogP contribution in [0.4, 0.5) is 0 Å². The van der Waals surface area contributed by atoms with Gasteiger partial charge in [-0.2, -0.15) is 0 Å². The van der Waals surface area contributed by atoms with E-state index in [1.165, 1.54) is 0 Å². The summed E-state index contributed by atoms with van der Waals surface area (Å²) in [5, 5.41) is 8.77. The minimum atomic E-state index is -1.26. The van der Waals surface area contributed by atoms with Crippen molar-refractivity contribution in [1.29, 1.82) is 0 Å². The maximum absolute atomic E-state index is 11.6. The molecule has 86 valence electrons. The molecule has 3 heteroatoms. The molecule has 2 unspecified atom stereocenters. The Bertz CT molecular complexity index is 258. The van der Waals surface area contributed by atoms with Gasteiger partial charge in [0, 0.05) is 5.92 Å². The molecule has 1 saturated carbocycles. The zero-order valence-electron chi connectivity index (χ0n) is 9.69. The van der Waals surface area contributed by atoms with E-state index in [2.05, 4.69) is 20.8 Å². The Hall–Kier alpha value is -0.860. The summed E-state index contributed by atoms with van der Waals surface area (Å²) in [6.45, 7) is 6.24. The van der Waals surface area contributed by atoms with Crippen LogP contribution in [-0.4, -0.2) is 16.9 Å². The summed E-state index contributed by atoms with van der Waals surface area (Å²) in [6.07, 6.45) is 2.85. The number of carbonyl (C=O) groups excluding carboxylic acids is 1.